The minimum Gasteiger partial charge on any atom is -0.455 e. The molecule has 0 radical (unpaired) electrons. The van der Waals surface area contributed by atoms with E-state index in [0.29, 0.717) is 17.5 Å². The van der Waals surface area contributed by atoms with Gasteiger partial charge in [-0.05, 0) is 40.5 Å². The van der Waals surface area contributed by atoms with Crippen molar-refractivity contribution >= 4 is 53.4 Å². The SMILES string of the molecule is c1ccc(-c2ccc(-c3nc(-c4ccccc4)nc(-c4cccc5sc6c(-c7ccc(-c8ccccc8)c8oc9ccccc9c78)cccc6c45)n3)cc2)cc1. The predicted octanol–water partition coefficient (Wildman–Crippen LogP) is 14.1. The number of furan rings is 1. The minimum absolute atomic E-state index is 0.637. The van der Waals surface area contributed by atoms with Crippen LogP contribution in [-0.2, 0) is 0 Å². The van der Waals surface area contributed by atoms with Gasteiger partial charge in [0, 0.05) is 58.8 Å². The number of rotatable bonds is 6. The van der Waals surface area contributed by atoms with Gasteiger partial charge in [-0.15, -0.1) is 11.3 Å². The topological polar surface area (TPSA) is 51.8 Å². The van der Waals surface area contributed by atoms with E-state index in [9.17, 15) is 0 Å². The lowest BCUT2D eigenvalue weighted by Gasteiger charge is -2.11. The Bertz CT molecular complexity index is 3230. The largest absolute Gasteiger partial charge is 0.455 e. The molecule has 0 atom stereocenters. The summed E-state index contributed by atoms with van der Waals surface area (Å²) in [6.07, 6.45) is 0. The first-order chi connectivity index (χ1) is 27.8. The second-order valence-corrected chi connectivity index (χ2v) is 15.0. The third kappa shape index (κ3) is 5.40. The highest BCUT2D eigenvalue weighted by Crippen LogP contribution is 2.47. The zero-order valence-electron chi connectivity index (χ0n) is 30.1. The van der Waals surface area contributed by atoms with E-state index in [1.807, 2.05) is 47.7 Å². The van der Waals surface area contributed by atoms with E-state index in [1.54, 1.807) is 0 Å². The van der Waals surface area contributed by atoms with Crippen LogP contribution in [0.2, 0.25) is 0 Å². The van der Waals surface area contributed by atoms with E-state index < -0.39 is 0 Å². The Hall–Kier alpha value is -7.21. The molecule has 0 aliphatic carbocycles. The van der Waals surface area contributed by atoms with Gasteiger partial charge in [-0.1, -0.05) is 170 Å². The van der Waals surface area contributed by atoms with Gasteiger partial charge in [0.05, 0.1) is 0 Å². The number of hydrogen-bond acceptors (Lipinski definition) is 5. The van der Waals surface area contributed by atoms with Crippen LogP contribution < -0.4 is 0 Å². The van der Waals surface area contributed by atoms with Crippen LogP contribution in [-0.4, -0.2) is 15.0 Å². The van der Waals surface area contributed by atoms with E-state index in [-0.39, 0.29) is 0 Å². The summed E-state index contributed by atoms with van der Waals surface area (Å²) in [5.74, 6) is 1.92. The molecule has 0 aliphatic rings. The van der Waals surface area contributed by atoms with Crippen LogP contribution in [0.15, 0.2) is 192 Å². The maximum Gasteiger partial charge on any atom is 0.164 e. The highest BCUT2D eigenvalue weighted by molar-refractivity contribution is 7.26. The molecular weight excluding hydrogens is 703 g/mol. The molecule has 0 spiro atoms. The number of nitrogens with zero attached hydrogens (tertiary/aromatic N) is 3. The average Bonchev–Trinajstić information content (AvgIpc) is 3.86. The molecule has 0 fully saturated rings. The Morgan fingerprint density at radius 1 is 0.339 bits per heavy atom. The summed E-state index contributed by atoms with van der Waals surface area (Å²) >= 11 is 1.81. The lowest BCUT2D eigenvalue weighted by molar-refractivity contribution is 0.670. The first-order valence-electron chi connectivity index (χ1n) is 18.7. The van der Waals surface area contributed by atoms with Crippen molar-refractivity contribution in [2.45, 2.75) is 0 Å². The van der Waals surface area contributed by atoms with Gasteiger partial charge in [0.1, 0.15) is 11.2 Å². The standard InChI is InChI=1S/C51H31N3OS/c1-4-14-32(15-5-1)33-26-28-36(29-27-33)50-52-49(35-18-8-3-9-19-35)53-51(54-50)42-23-13-25-44-45(42)41-22-12-21-39(48(41)56-44)38-31-30-37(34-16-6-2-7-17-34)47-46(38)40-20-10-11-24-43(40)55-47/h1-31H. The Morgan fingerprint density at radius 2 is 0.875 bits per heavy atom. The first-order valence-corrected chi connectivity index (χ1v) is 19.5. The van der Waals surface area contributed by atoms with Crippen molar-refractivity contribution in [3.63, 3.8) is 0 Å². The molecule has 3 aromatic heterocycles. The lowest BCUT2D eigenvalue weighted by atomic mass is 9.93. The van der Waals surface area contributed by atoms with Gasteiger partial charge in [-0.25, -0.2) is 15.0 Å². The van der Waals surface area contributed by atoms with Crippen LogP contribution in [0, 0.1) is 0 Å². The van der Waals surface area contributed by atoms with Gasteiger partial charge < -0.3 is 4.42 Å². The summed E-state index contributed by atoms with van der Waals surface area (Å²) in [5.41, 5.74) is 11.5. The monoisotopic (exact) mass is 733 g/mol. The van der Waals surface area contributed by atoms with Crippen LogP contribution in [0.4, 0.5) is 0 Å². The molecule has 4 nitrogen and oxygen atoms in total. The van der Waals surface area contributed by atoms with Crippen LogP contribution in [0.5, 0.6) is 0 Å². The van der Waals surface area contributed by atoms with Crippen LogP contribution >= 0.6 is 11.3 Å². The summed E-state index contributed by atoms with van der Waals surface area (Å²) in [4.78, 5) is 15.4. The molecule has 8 aromatic carbocycles. The second-order valence-electron chi connectivity index (χ2n) is 13.9. The number of thiophene rings is 1. The van der Waals surface area contributed by atoms with Crippen molar-refractivity contribution in [3.05, 3.63) is 188 Å². The molecule has 0 bridgehead atoms. The van der Waals surface area contributed by atoms with Crippen molar-refractivity contribution < 1.29 is 4.42 Å². The maximum atomic E-state index is 6.65. The van der Waals surface area contributed by atoms with Gasteiger partial charge in [0.15, 0.2) is 17.5 Å². The van der Waals surface area contributed by atoms with Gasteiger partial charge in [0.2, 0.25) is 0 Å². The molecule has 5 heteroatoms. The predicted molar refractivity (Wildman–Crippen MR) is 233 cm³/mol. The van der Waals surface area contributed by atoms with Crippen molar-refractivity contribution in [1.29, 1.82) is 0 Å². The third-order valence-electron chi connectivity index (χ3n) is 10.6. The maximum absolute atomic E-state index is 6.65. The number of benzene rings is 8. The normalized spacial score (nSPS) is 11.6. The lowest BCUT2D eigenvalue weighted by Crippen LogP contribution is -2.00. The van der Waals surface area contributed by atoms with Crippen LogP contribution in [0.25, 0.3) is 110 Å². The van der Waals surface area contributed by atoms with Gasteiger partial charge >= 0.3 is 0 Å². The molecule has 11 rings (SSSR count). The quantitative estimate of drug-likeness (QED) is 0.171. The van der Waals surface area contributed by atoms with Crippen molar-refractivity contribution in [3.8, 4) is 67.5 Å². The van der Waals surface area contributed by atoms with E-state index in [2.05, 4.69) is 152 Å². The molecule has 0 N–H and O–H groups in total. The average molecular weight is 734 g/mol. The van der Waals surface area contributed by atoms with Crippen LogP contribution in [0.1, 0.15) is 0 Å². The molecular formula is C51H31N3OS. The fourth-order valence-electron chi connectivity index (χ4n) is 7.93. The van der Waals surface area contributed by atoms with Crippen molar-refractivity contribution in [2.75, 3.05) is 0 Å². The zero-order valence-corrected chi connectivity index (χ0v) is 30.9. The Kier molecular flexibility index (Phi) is 7.64. The molecule has 262 valence electrons. The fraction of sp³-hybridized carbons (Fsp3) is 0. The summed E-state index contributed by atoms with van der Waals surface area (Å²) < 4.78 is 9.04. The molecule has 0 unspecified atom stereocenters. The third-order valence-corrected chi connectivity index (χ3v) is 11.8. The molecule has 0 saturated heterocycles. The van der Waals surface area contributed by atoms with E-state index in [4.69, 9.17) is 19.4 Å². The minimum atomic E-state index is 0.637. The molecule has 3 heterocycles. The highest BCUT2D eigenvalue weighted by Gasteiger charge is 2.22. The van der Waals surface area contributed by atoms with Crippen LogP contribution in [0.3, 0.4) is 0 Å². The summed E-state index contributed by atoms with van der Waals surface area (Å²) in [5, 5.41) is 4.54. The highest BCUT2D eigenvalue weighted by atomic mass is 32.1. The smallest absolute Gasteiger partial charge is 0.164 e. The van der Waals surface area contributed by atoms with E-state index in [0.717, 1.165) is 66.3 Å². The number of para-hydroxylation sites is 1. The summed E-state index contributed by atoms with van der Waals surface area (Å²) in [6, 6.07) is 65.5. The fourth-order valence-corrected chi connectivity index (χ4v) is 9.18. The van der Waals surface area contributed by atoms with E-state index >= 15 is 0 Å². The first kappa shape index (κ1) is 32.2. The van der Waals surface area contributed by atoms with Crippen molar-refractivity contribution in [1.82, 2.24) is 15.0 Å². The molecule has 0 amide bonds. The molecule has 0 aliphatic heterocycles. The number of aromatic nitrogens is 3. The Labute approximate surface area is 327 Å². The Morgan fingerprint density at radius 3 is 1.62 bits per heavy atom. The number of fused-ring (bicyclic) bond motifs is 6. The zero-order chi connectivity index (χ0) is 37.0. The van der Waals surface area contributed by atoms with Gasteiger partial charge in [-0.3, -0.25) is 0 Å². The van der Waals surface area contributed by atoms with E-state index in [1.165, 1.54) is 25.9 Å². The molecule has 11 aromatic rings. The molecule has 0 saturated carbocycles. The Balaban J connectivity index is 1.11. The second kappa shape index (κ2) is 13.3. The molecule has 56 heavy (non-hydrogen) atoms. The van der Waals surface area contributed by atoms with Gasteiger partial charge in [-0.2, -0.15) is 0 Å². The summed E-state index contributed by atoms with van der Waals surface area (Å²) in [6.45, 7) is 0. The summed E-state index contributed by atoms with van der Waals surface area (Å²) in [7, 11) is 0. The van der Waals surface area contributed by atoms with Gasteiger partial charge in [0.25, 0.3) is 0 Å². The van der Waals surface area contributed by atoms with Crippen molar-refractivity contribution in [2.24, 2.45) is 0 Å². The number of hydrogen-bond donors (Lipinski definition) is 0.